The molecule has 1 aromatic carbocycles. The Bertz CT molecular complexity index is 1960. The van der Waals surface area contributed by atoms with Crippen LogP contribution in [0.3, 0.4) is 0 Å². The summed E-state index contributed by atoms with van der Waals surface area (Å²) >= 11 is 0.948. The highest BCUT2D eigenvalue weighted by atomic mass is 32.1. The number of fused-ring (bicyclic) bond motifs is 6. The van der Waals surface area contributed by atoms with Crippen LogP contribution in [0.25, 0.3) is 32.2 Å². The standard InChI is InChI=1S/C32H32F2N8O3S/c33-21-8-38-26(23-18(5-35)29(36)46-28(21)23)22-19-11-44-12-20(19)24-27(25(22)34)39-31(40-30(24)42-15-1-2-16(42)7-37-6-15)45-14-32(3-4-32)13-41-9-17(43)10-41/h8,15-17,37,43H,1-4,6-7,9-14,36H2. The molecule has 0 spiro atoms. The van der Waals surface area contributed by atoms with Crippen LogP contribution in [0.4, 0.5) is 19.6 Å². The van der Waals surface area contributed by atoms with Gasteiger partial charge in [0, 0.05) is 61.2 Å². The van der Waals surface area contributed by atoms with Crippen molar-refractivity contribution in [3.05, 3.63) is 34.5 Å². The van der Waals surface area contributed by atoms with E-state index in [1.807, 2.05) is 0 Å². The van der Waals surface area contributed by atoms with Gasteiger partial charge in [-0.1, -0.05) is 0 Å². The number of halogens is 2. The maximum absolute atomic E-state index is 17.3. The number of nitrogens with zero attached hydrogens (tertiary/aromatic N) is 6. The normalized spacial score (nSPS) is 23.6. The lowest BCUT2D eigenvalue weighted by Crippen LogP contribution is -2.53. The predicted molar refractivity (Wildman–Crippen MR) is 167 cm³/mol. The number of thiophene rings is 1. The average molecular weight is 647 g/mol. The number of aromatic nitrogens is 3. The molecular weight excluding hydrogens is 614 g/mol. The SMILES string of the molecule is N#Cc1c(N)sc2c(F)cnc(-c3c4c(c5c(N6C7CCC6CNC7)nc(OCC6(CN7CC(O)C7)CC6)nc5c3F)COC4)c12. The molecule has 11 nitrogen and oxygen atoms in total. The average Bonchev–Trinajstić information content (AvgIpc) is 3.34. The number of rotatable bonds is 7. The summed E-state index contributed by atoms with van der Waals surface area (Å²) in [5.41, 5.74) is 7.87. The molecule has 4 aromatic rings. The Morgan fingerprint density at radius 3 is 2.63 bits per heavy atom. The summed E-state index contributed by atoms with van der Waals surface area (Å²) in [7, 11) is 0. The van der Waals surface area contributed by atoms with Crippen molar-refractivity contribution in [1.29, 1.82) is 5.26 Å². The summed E-state index contributed by atoms with van der Waals surface area (Å²) in [5, 5.41) is 24.1. The lowest BCUT2D eigenvalue weighted by atomic mass is 9.93. The fourth-order valence-electron chi connectivity index (χ4n) is 7.89. The first-order valence-corrected chi connectivity index (χ1v) is 16.6. The summed E-state index contributed by atoms with van der Waals surface area (Å²) in [6.45, 7) is 4.50. The Labute approximate surface area is 266 Å². The lowest BCUT2D eigenvalue weighted by molar-refractivity contribution is -0.0142. The Kier molecular flexibility index (Phi) is 6.43. The largest absolute Gasteiger partial charge is 0.463 e. The first-order chi connectivity index (χ1) is 22.3. The number of aliphatic hydroxyl groups excluding tert-OH is 1. The van der Waals surface area contributed by atoms with Gasteiger partial charge in [-0.2, -0.15) is 15.2 Å². The molecule has 4 aliphatic heterocycles. The second kappa shape index (κ2) is 10.4. The van der Waals surface area contributed by atoms with E-state index in [4.69, 9.17) is 25.2 Å². The van der Waals surface area contributed by atoms with Gasteiger partial charge in [0.1, 0.15) is 22.4 Å². The highest BCUT2D eigenvalue weighted by molar-refractivity contribution is 7.23. The van der Waals surface area contributed by atoms with E-state index in [1.54, 1.807) is 0 Å². The summed E-state index contributed by atoms with van der Waals surface area (Å²) in [6.07, 6.45) is 4.78. The number of nitriles is 1. The van der Waals surface area contributed by atoms with Gasteiger partial charge in [-0.05, 0) is 36.8 Å². The third-order valence-corrected chi connectivity index (χ3v) is 11.4. The summed E-state index contributed by atoms with van der Waals surface area (Å²) in [6, 6.07) is 2.57. The van der Waals surface area contributed by atoms with Gasteiger partial charge in [0.15, 0.2) is 11.6 Å². The number of likely N-dealkylation sites (tertiary alicyclic amines) is 1. The van der Waals surface area contributed by atoms with E-state index in [-0.39, 0.29) is 80.3 Å². The Hall–Kier alpha value is -3.74. The molecule has 1 saturated carbocycles. The first-order valence-electron chi connectivity index (χ1n) is 15.8. The van der Waals surface area contributed by atoms with Crippen LogP contribution in [0, 0.1) is 28.4 Å². The number of nitrogens with one attached hydrogen (secondary N) is 1. The van der Waals surface area contributed by atoms with Gasteiger partial charge in [-0.15, -0.1) is 11.3 Å². The maximum Gasteiger partial charge on any atom is 0.319 e. The molecule has 14 heteroatoms. The maximum atomic E-state index is 17.3. The molecule has 1 aliphatic carbocycles. The van der Waals surface area contributed by atoms with E-state index in [2.05, 4.69) is 26.2 Å². The van der Waals surface area contributed by atoms with Gasteiger partial charge in [-0.3, -0.25) is 9.88 Å². The molecule has 2 atom stereocenters. The van der Waals surface area contributed by atoms with Gasteiger partial charge in [0.25, 0.3) is 0 Å². The number of β-amino-alcohol motifs (C(OH)–C–C–N with tert-alkyl or cyclic N) is 1. The van der Waals surface area contributed by atoms with Crippen molar-refractivity contribution in [2.24, 2.45) is 5.41 Å². The lowest BCUT2D eigenvalue weighted by Gasteiger charge is -2.38. The van der Waals surface area contributed by atoms with Crippen molar-refractivity contribution in [3.63, 3.8) is 0 Å². The molecule has 9 rings (SSSR count). The van der Waals surface area contributed by atoms with Crippen molar-refractivity contribution in [1.82, 2.24) is 25.2 Å². The van der Waals surface area contributed by atoms with Crippen LogP contribution in [0.1, 0.15) is 42.4 Å². The number of benzene rings is 1. The van der Waals surface area contributed by atoms with E-state index in [1.165, 1.54) is 0 Å². The number of hydrogen-bond acceptors (Lipinski definition) is 12. The van der Waals surface area contributed by atoms with Gasteiger partial charge >= 0.3 is 6.01 Å². The van der Waals surface area contributed by atoms with Crippen LogP contribution >= 0.6 is 11.3 Å². The minimum absolute atomic E-state index is 0.0433. The first kappa shape index (κ1) is 28.5. The van der Waals surface area contributed by atoms with E-state index < -0.39 is 11.6 Å². The number of anilines is 2. The molecule has 0 amide bonds. The number of nitrogens with two attached hydrogens (primary N) is 1. The third kappa shape index (κ3) is 4.29. The third-order valence-electron chi connectivity index (χ3n) is 10.4. The van der Waals surface area contributed by atoms with Crippen LogP contribution in [-0.4, -0.2) is 82.5 Å². The second-order valence-electron chi connectivity index (χ2n) is 13.4. The molecule has 4 fully saturated rings. The molecule has 2 bridgehead atoms. The van der Waals surface area contributed by atoms with Gasteiger partial charge in [-0.25, -0.2) is 8.78 Å². The predicted octanol–water partition coefficient (Wildman–Crippen LogP) is 3.44. The zero-order chi connectivity index (χ0) is 31.3. The molecule has 238 valence electrons. The van der Waals surface area contributed by atoms with Gasteiger partial charge in [0.2, 0.25) is 0 Å². The summed E-state index contributed by atoms with van der Waals surface area (Å²) < 4.78 is 44.6. The fourth-order valence-corrected chi connectivity index (χ4v) is 8.81. The quantitative estimate of drug-likeness (QED) is 0.272. The topological polar surface area (TPSA) is 146 Å². The molecule has 0 radical (unpaired) electrons. The zero-order valence-corrected chi connectivity index (χ0v) is 25.8. The van der Waals surface area contributed by atoms with Crippen molar-refractivity contribution in [3.8, 4) is 23.3 Å². The molecular formula is C32H32F2N8O3S. The van der Waals surface area contributed by atoms with Crippen molar-refractivity contribution < 1.29 is 23.4 Å². The van der Waals surface area contributed by atoms with Gasteiger partial charge < -0.3 is 30.5 Å². The number of ether oxygens (including phenoxy) is 2. The highest BCUT2D eigenvalue weighted by Crippen LogP contribution is 2.49. The van der Waals surface area contributed by atoms with E-state index in [9.17, 15) is 14.8 Å². The Morgan fingerprint density at radius 2 is 1.91 bits per heavy atom. The highest BCUT2D eigenvalue weighted by Gasteiger charge is 2.47. The van der Waals surface area contributed by atoms with Crippen LogP contribution < -0.4 is 20.7 Å². The van der Waals surface area contributed by atoms with Crippen molar-refractivity contribution in [2.75, 3.05) is 50.0 Å². The summed E-state index contributed by atoms with van der Waals surface area (Å²) in [5.74, 6) is -0.617. The number of nitrogen functional groups attached to an aromatic ring is 1. The molecule has 3 saturated heterocycles. The molecule has 46 heavy (non-hydrogen) atoms. The van der Waals surface area contributed by atoms with E-state index >= 15 is 4.39 Å². The Balaban J connectivity index is 1.23. The van der Waals surface area contributed by atoms with Crippen LogP contribution in [0.2, 0.25) is 0 Å². The zero-order valence-electron chi connectivity index (χ0n) is 25.0. The molecule has 7 heterocycles. The second-order valence-corrected chi connectivity index (χ2v) is 14.4. The molecule has 5 aliphatic rings. The van der Waals surface area contributed by atoms with Crippen LogP contribution in [-0.2, 0) is 18.0 Å². The van der Waals surface area contributed by atoms with Crippen molar-refractivity contribution in [2.45, 2.75) is 57.1 Å². The number of piperazine rings is 1. The monoisotopic (exact) mass is 646 g/mol. The Morgan fingerprint density at radius 1 is 1.15 bits per heavy atom. The number of aliphatic hydroxyl groups is 1. The van der Waals surface area contributed by atoms with Crippen LogP contribution in [0.5, 0.6) is 6.01 Å². The smallest absolute Gasteiger partial charge is 0.319 e. The van der Waals surface area contributed by atoms with Crippen LogP contribution in [0.15, 0.2) is 6.20 Å². The fraction of sp³-hybridized carbons (Fsp3) is 0.500. The minimum Gasteiger partial charge on any atom is -0.463 e. The van der Waals surface area contributed by atoms with E-state index in [0.29, 0.717) is 36.5 Å². The molecule has 2 unspecified atom stereocenters. The number of pyridine rings is 1. The van der Waals surface area contributed by atoms with Crippen molar-refractivity contribution >= 4 is 43.1 Å². The van der Waals surface area contributed by atoms with E-state index in [0.717, 1.165) is 68.4 Å². The minimum atomic E-state index is -0.639. The summed E-state index contributed by atoms with van der Waals surface area (Å²) in [4.78, 5) is 18.6. The molecule has 4 N–H and O–H groups in total. The molecule has 3 aromatic heterocycles. The number of hydrogen-bond donors (Lipinski definition) is 3. The van der Waals surface area contributed by atoms with Gasteiger partial charge in [0.05, 0.1) is 53.5 Å².